The molecule has 0 spiro atoms. The maximum atomic E-state index is 11.9. The largest absolute Gasteiger partial charge is 0.508 e. The molecule has 4 heteroatoms. The number of carbonyl (C=O) groups excluding carboxylic acids is 1. The van der Waals surface area contributed by atoms with Gasteiger partial charge in [0.1, 0.15) is 5.75 Å². The Morgan fingerprint density at radius 1 is 1.50 bits per heavy atom. The first-order valence-corrected chi connectivity index (χ1v) is 6.30. The standard InChI is InChI=1S/C14H22N2O2/c1-3-5-12(15)9-14(18)16(2)10-11-6-4-7-13(17)8-11/h4,6-8,12,17H,3,5,9-10,15H2,1-2H3. The minimum Gasteiger partial charge on any atom is -0.508 e. The van der Waals surface area contributed by atoms with E-state index in [2.05, 4.69) is 6.92 Å². The van der Waals surface area contributed by atoms with E-state index in [4.69, 9.17) is 5.73 Å². The van der Waals surface area contributed by atoms with Crippen LogP contribution in [0.2, 0.25) is 0 Å². The van der Waals surface area contributed by atoms with E-state index in [1.54, 1.807) is 30.1 Å². The number of nitrogens with zero attached hydrogens (tertiary/aromatic N) is 1. The number of nitrogens with two attached hydrogens (primary N) is 1. The predicted molar refractivity (Wildman–Crippen MR) is 72.1 cm³/mol. The van der Waals surface area contributed by atoms with Crippen LogP contribution in [0, 0.1) is 0 Å². The zero-order valence-corrected chi connectivity index (χ0v) is 11.1. The zero-order valence-electron chi connectivity index (χ0n) is 11.1. The highest BCUT2D eigenvalue weighted by Crippen LogP contribution is 2.13. The van der Waals surface area contributed by atoms with Crippen LogP contribution in [-0.4, -0.2) is 29.0 Å². The second-order valence-electron chi connectivity index (χ2n) is 4.67. The van der Waals surface area contributed by atoms with Crippen LogP contribution in [0.15, 0.2) is 24.3 Å². The summed E-state index contributed by atoms with van der Waals surface area (Å²) in [6.07, 6.45) is 2.24. The molecule has 1 aromatic carbocycles. The first-order valence-electron chi connectivity index (χ1n) is 6.30. The highest BCUT2D eigenvalue weighted by atomic mass is 16.3. The second kappa shape index (κ2) is 7.01. The summed E-state index contributed by atoms with van der Waals surface area (Å²) in [5.74, 6) is 0.260. The van der Waals surface area contributed by atoms with Crippen molar-refractivity contribution in [3.8, 4) is 5.75 Å². The predicted octanol–water partition coefficient (Wildman–Crippen LogP) is 1.87. The van der Waals surface area contributed by atoms with Crippen LogP contribution in [0.4, 0.5) is 0 Å². The SMILES string of the molecule is CCCC(N)CC(=O)N(C)Cc1cccc(O)c1. The van der Waals surface area contributed by atoms with Crippen molar-refractivity contribution >= 4 is 5.91 Å². The Hall–Kier alpha value is -1.55. The van der Waals surface area contributed by atoms with Gasteiger partial charge in [0.25, 0.3) is 0 Å². The Morgan fingerprint density at radius 2 is 2.22 bits per heavy atom. The van der Waals surface area contributed by atoms with E-state index in [0.717, 1.165) is 18.4 Å². The number of phenols is 1. The van der Waals surface area contributed by atoms with Gasteiger partial charge in [0, 0.05) is 26.1 Å². The van der Waals surface area contributed by atoms with Crippen LogP contribution >= 0.6 is 0 Å². The fourth-order valence-corrected chi connectivity index (χ4v) is 1.87. The fourth-order valence-electron chi connectivity index (χ4n) is 1.87. The van der Waals surface area contributed by atoms with Crippen molar-refractivity contribution in [3.05, 3.63) is 29.8 Å². The summed E-state index contributed by atoms with van der Waals surface area (Å²) in [4.78, 5) is 13.5. The molecule has 18 heavy (non-hydrogen) atoms. The summed E-state index contributed by atoms with van der Waals surface area (Å²) in [5.41, 5.74) is 6.76. The van der Waals surface area contributed by atoms with Crippen molar-refractivity contribution in [1.29, 1.82) is 0 Å². The van der Waals surface area contributed by atoms with Crippen LogP contribution in [-0.2, 0) is 11.3 Å². The first kappa shape index (κ1) is 14.5. The van der Waals surface area contributed by atoms with E-state index in [9.17, 15) is 9.90 Å². The molecule has 0 bridgehead atoms. The quantitative estimate of drug-likeness (QED) is 0.810. The van der Waals surface area contributed by atoms with Gasteiger partial charge in [-0.1, -0.05) is 25.5 Å². The molecule has 100 valence electrons. The Morgan fingerprint density at radius 3 is 2.83 bits per heavy atom. The molecule has 0 aliphatic heterocycles. The molecule has 0 saturated heterocycles. The first-order chi connectivity index (χ1) is 8.52. The van der Waals surface area contributed by atoms with Gasteiger partial charge in [-0.25, -0.2) is 0 Å². The molecule has 1 amide bonds. The fraction of sp³-hybridized carbons (Fsp3) is 0.500. The van der Waals surface area contributed by atoms with Crippen molar-refractivity contribution in [2.75, 3.05) is 7.05 Å². The summed E-state index contributed by atoms with van der Waals surface area (Å²) >= 11 is 0. The molecule has 0 saturated carbocycles. The Bertz CT molecular complexity index is 393. The molecule has 1 atom stereocenters. The number of aromatic hydroxyl groups is 1. The molecule has 1 aromatic rings. The van der Waals surface area contributed by atoms with E-state index >= 15 is 0 Å². The lowest BCUT2D eigenvalue weighted by Crippen LogP contribution is -2.32. The summed E-state index contributed by atoms with van der Waals surface area (Å²) in [6, 6.07) is 6.87. The number of carbonyl (C=O) groups is 1. The lowest BCUT2D eigenvalue weighted by molar-refractivity contribution is -0.130. The molecular formula is C14H22N2O2. The molecule has 0 radical (unpaired) electrons. The lowest BCUT2D eigenvalue weighted by Gasteiger charge is -2.19. The number of rotatable bonds is 6. The molecule has 1 rings (SSSR count). The van der Waals surface area contributed by atoms with Gasteiger partial charge in [0.15, 0.2) is 0 Å². The van der Waals surface area contributed by atoms with Gasteiger partial charge in [0.2, 0.25) is 5.91 Å². The molecule has 0 aliphatic carbocycles. The van der Waals surface area contributed by atoms with E-state index in [0.29, 0.717) is 13.0 Å². The number of hydrogen-bond donors (Lipinski definition) is 2. The highest BCUT2D eigenvalue weighted by molar-refractivity contribution is 5.76. The number of benzene rings is 1. The topological polar surface area (TPSA) is 66.6 Å². The van der Waals surface area contributed by atoms with Crippen molar-refractivity contribution in [2.24, 2.45) is 5.73 Å². The Labute approximate surface area is 108 Å². The molecule has 0 heterocycles. The van der Waals surface area contributed by atoms with Gasteiger partial charge >= 0.3 is 0 Å². The van der Waals surface area contributed by atoms with Crippen LogP contribution in [0.3, 0.4) is 0 Å². The molecule has 0 fully saturated rings. The van der Waals surface area contributed by atoms with Crippen molar-refractivity contribution in [1.82, 2.24) is 4.90 Å². The van der Waals surface area contributed by atoms with Crippen molar-refractivity contribution < 1.29 is 9.90 Å². The van der Waals surface area contributed by atoms with Gasteiger partial charge in [-0.05, 0) is 24.1 Å². The minimum absolute atomic E-state index is 0.0410. The maximum Gasteiger partial charge on any atom is 0.224 e. The second-order valence-corrected chi connectivity index (χ2v) is 4.67. The van der Waals surface area contributed by atoms with E-state index in [1.807, 2.05) is 6.07 Å². The normalized spacial score (nSPS) is 12.2. The van der Waals surface area contributed by atoms with Gasteiger partial charge in [0.05, 0.1) is 0 Å². The molecule has 4 nitrogen and oxygen atoms in total. The third-order valence-electron chi connectivity index (χ3n) is 2.85. The Balaban J connectivity index is 2.49. The zero-order chi connectivity index (χ0) is 13.5. The number of phenolic OH excluding ortho intramolecular Hbond substituents is 1. The van der Waals surface area contributed by atoms with Gasteiger partial charge in [-0.2, -0.15) is 0 Å². The van der Waals surface area contributed by atoms with E-state index < -0.39 is 0 Å². The van der Waals surface area contributed by atoms with Crippen LogP contribution in [0.25, 0.3) is 0 Å². The molecule has 0 aliphatic rings. The summed E-state index contributed by atoms with van der Waals surface area (Å²) in [6.45, 7) is 2.55. The minimum atomic E-state index is -0.0610. The third-order valence-corrected chi connectivity index (χ3v) is 2.85. The van der Waals surface area contributed by atoms with Crippen molar-refractivity contribution in [2.45, 2.75) is 38.8 Å². The monoisotopic (exact) mass is 250 g/mol. The van der Waals surface area contributed by atoms with Gasteiger partial charge < -0.3 is 15.7 Å². The molecule has 1 unspecified atom stereocenters. The molecule has 3 N–H and O–H groups in total. The van der Waals surface area contributed by atoms with Crippen LogP contribution < -0.4 is 5.73 Å². The van der Waals surface area contributed by atoms with E-state index in [-0.39, 0.29) is 17.7 Å². The van der Waals surface area contributed by atoms with Crippen molar-refractivity contribution in [3.63, 3.8) is 0 Å². The van der Waals surface area contributed by atoms with Crippen LogP contribution in [0.5, 0.6) is 5.75 Å². The summed E-state index contributed by atoms with van der Waals surface area (Å²) < 4.78 is 0. The average molecular weight is 250 g/mol. The average Bonchev–Trinajstić information content (AvgIpc) is 2.29. The van der Waals surface area contributed by atoms with Gasteiger partial charge in [-0.15, -0.1) is 0 Å². The van der Waals surface area contributed by atoms with Crippen LogP contribution in [0.1, 0.15) is 31.7 Å². The molecule has 0 aromatic heterocycles. The van der Waals surface area contributed by atoms with E-state index in [1.165, 1.54) is 0 Å². The third kappa shape index (κ3) is 4.75. The Kier molecular flexibility index (Phi) is 5.65. The smallest absolute Gasteiger partial charge is 0.224 e. The summed E-state index contributed by atoms with van der Waals surface area (Å²) in [5, 5.41) is 9.36. The highest BCUT2D eigenvalue weighted by Gasteiger charge is 2.13. The maximum absolute atomic E-state index is 11.9. The van der Waals surface area contributed by atoms with Gasteiger partial charge in [-0.3, -0.25) is 4.79 Å². The molecular weight excluding hydrogens is 228 g/mol. The summed E-state index contributed by atoms with van der Waals surface area (Å²) in [7, 11) is 1.76. The number of hydrogen-bond acceptors (Lipinski definition) is 3. The number of amides is 1. The lowest BCUT2D eigenvalue weighted by atomic mass is 10.1.